The summed E-state index contributed by atoms with van der Waals surface area (Å²) in [5, 5.41) is 3.27. The Hall–Kier alpha value is -0.610. The number of ether oxygens (including phenoxy) is 2. The van der Waals surface area contributed by atoms with E-state index in [0.29, 0.717) is 19.1 Å². The third kappa shape index (κ3) is 2.45. The Balaban J connectivity index is 2.56. The van der Waals surface area contributed by atoms with E-state index in [1.807, 2.05) is 6.92 Å². The van der Waals surface area contributed by atoms with Crippen LogP contribution in [0.4, 0.5) is 0 Å². The van der Waals surface area contributed by atoms with E-state index in [9.17, 15) is 4.79 Å². The highest BCUT2D eigenvalue weighted by molar-refractivity contribution is 5.74. The molecule has 0 aromatic carbocycles. The molecule has 0 unspecified atom stereocenters. The first-order valence-corrected chi connectivity index (χ1v) is 5.09. The van der Waals surface area contributed by atoms with Crippen LogP contribution in [0.1, 0.15) is 13.8 Å². The lowest BCUT2D eigenvalue weighted by Crippen LogP contribution is -2.37. The Labute approximate surface area is 85.0 Å². The summed E-state index contributed by atoms with van der Waals surface area (Å²) in [7, 11) is 1.65. The first-order valence-electron chi connectivity index (χ1n) is 5.09. The van der Waals surface area contributed by atoms with Crippen LogP contribution < -0.4 is 5.32 Å². The van der Waals surface area contributed by atoms with Crippen LogP contribution in [0.5, 0.6) is 0 Å². The molecule has 0 spiro atoms. The molecule has 0 radical (unpaired) electrons. The van der Waals surface area contributed by atoms with E-state index < -0.39 is 0 Å². The molecule has 1 heterocycles. The van der Waals surface area contributed by atoms with Crippen molar-refractivity contribution < 1.29 is 14.3 Å². The van der Waals surface area contributed by atoms with Gasteiger partial charge in [0, 0.05) is 13.2 Å². The molecule has 0 aromatic heterocycles. The number of hydrogen-bond donors (Lipinski definition) is 1. The average Bonchev–Trinajstić information content (AvgIpc) is 2.48. The van der Waals surface area contributed by atoms with Gasteiger partial charge in [0.15, 0.2) is 0 Å². The maximum absolute atomic E-state index is 11.6. The molecule has 1 fully saturated rings. The minimum Gasteiger partial charge on any atom is -0.466 e. The van der Waals surface area contributed by atoms with Gasteiger partial charge in [-0.15, -0.1) is 0 Å². The molecule has 1 rings (SSSR count). The van der Waals surface area contributed by atoms with Gasteiger partial charge in [-0.25, -0.2) is 0 Å². The second kappa shape index (κ2) is 5.32. The maximum Gasteiger partial charge on any atom is 0.310 e. The van der Waals surface area contributed by atoms with Crippen molar-refractivity contribution in [2.75, 3.05) is 26.9 Å². The molecule has 1 aliphatic rings. The summed E-state index contributed by atoms with van der Waals surface area (Å²) >= 11 is 0. The molecule has 3 atom stereocenters. The van der Waals surface area contributed by atoms with Crippen LogP contribution in [0, 0.1) is 11.8 Å². The van der Waals surface area contributed by atoms with Crippen LogP contribution in [0.15, 0.2) is 0 Å². The van der Waals surface area contributed by atoms with Gasteiger partial charge in [0.05, 0.1) is 19.1 Å². The molecule has 0 aliphatic carbocycles. The third-order valence-electron chi connectivity index (χ3n) is 2.65. The number of carbonyl (C=O) groups excluding carboxylic acids is 1. The topological polar surface area (TPSA) is 47.6 Å². The zero-order chi connectivity index (χ0) is 10.6. The van der Waals surface area contributed by atoms with Crippen LogP contribution in [-0.4, -0.2) is 38.9 Å². The third-order valence-corrected chi connectivity index (χ3v) is 2.65. The molecule has 14 heavy (non-hydrogen) atoms. The fourth-order valence-electron chi connectivity index (χ4n) is 1.96. The summed E-state index contributed by atoms with van der Waals surface area (Å²) in [6.07, 6.45) is 0. The number of carbonyl (C=O) groups is 1. The van der Waals surface area contributed by atoms with E-state index in [2.05, 4.69) is 12.2 Å². The summed E-state index contributed by atoms with van der Waals surface area (Å²) in [5.41, 5.74) is 0. The standard InChI is InChI=1S/C10H19NO3/c1-4-14-10(12)9-7(2)5-11-8(9)6-13-3/h7-9,11H,4-6H2,1-3H3/t7-,8+,9+/m0/s1. The van der Waals surface area contributed by atoms with Gasteiger partial charge in [0.25, 0.3) is 0 Å². The highest BCUT2D eigenvalue weighted by Crippen LogP contribution is 2.23. The van der Waals surface area contributed by atoms with E-state index in [1.165, 1.54) is 0 Å². The first-order chi connectivity index (χ1) is 6.70. The van der Waals surface area contributed by atoms with Crippen molar-refractivity contribution in [3.05, 3.63) is 0 Å². The summed E-state index contributed by atoms with van der Waals surface area (Å²) < 4.78 is 10.1. The number of esters is 1. The molecule has 0 saturated carbocycles. The van der Waals surface area contributed by atoms with Crippen molar-refractivity contribution in [2.24, 2.45) is 11.8 Å². The quantitative estimate of drug-likeness (QED) is 0.670. The van der Waals surface area contributed by atoms with E-state index in [1.54, 1.807) is 7.11 Å². The van der Waals surface area contributed by atoms with E-state index in [-0.39, 0.29) is 17.9 Å². The molecular weight excluding hydrogens is 182 g/mol. The Bertz CT molecular complexity index is 194. The van der Waals surface area contributed by atoms with Crippen LogP contribution in [0.3, 0.4) is 0 Å². The predicted molar refractivity (Wildman–Crippen MR) is 53.0 cm³/mol. The minimum atomic E-state index is -0.105. The molecule has 0 bridgehead atoms. The summed E-state index contributed by atoms with van der Waals surface area (Å²) in [5.74, 6) is 0.163. The molecule has 82 valence electrons. The monoisotopic (exact) mass is 201 g/mol. The van der Waals surface area contributed by atoms with Gasteiger partial charge < -0.3 is 14.8 Å². The van der Waals surface area contributed by atoms with Crippen molar-refractivity contribution in [1.29, 1.82) is 0 Å². The number of rotatable bonds is 4. The van der Waals surface area contributed by atoms with Crippen LogP contribution >= 0.6 is 0 Å². The second-order valence-electron chi connectivity index (χ2n) is 3.73. The van der Waals surface area contributed by atoms with Crippen molar-refractivity contribution in [1.82, 2.24) is 5.32 Å². The van der Waals surface area contributed by atoms with Crippen molar-refractivity contribution in [3.63, 3.8) is 0 Å². The van der Waals surface area contributed by atoms with Crippen LogP contribution in [-0.2, 0) is 14.3 Å². The number of methoxy groups -OCH3 is 1. The zero-order valence-corrected chi connectivity index (χ0v) is 9.08. The lowest BCUT2D eigenvalue weighted by Gasteiger charge is -2.19. The molecule has 4 nitrogen and oxygen atoms in total. The fraction of sp³-hybridized carbons (Fsp3) is 0.900. The summed E-state index contributed by atoms with van der Waals surface area (Å²) in [6.45, 7) is 5.76. The van der Waals surface area contributed by atoms with Gasteiger partial charge >= 0.3 is 5.97 Å². The highest BCUT2D eigenvalue weighted by atomic mass is 16.5. The Kier molecular flexibility index (Phi) is 4.35. The lowest BCUT2D eigenvalue weighted by atomic mass is 9.92. The molecule has 1 N–H and O–H groups in total. The predicted octanol–water partition coefficient (Wildman–Crippen LogP) is 0.420. The van der Waals surface area contributed by atoms with E-state index in [4.69, 9.17) is 9.47 Å². The van der Waals surface area contributed by atoms with Gasteiger partial charge in [-0.2, -0.15) is 0 Å². The van der Waals surface area contributed by atoms with Gasteiger partial charge in [0.1, 0.15) is 0 Å². The summed E-state index contributed by atoms with van der Waals surface area (Å²) in [4.78, 5) is 11.6. The lowest BCUT2D eigenvalue weighted by molar-refractivity contribution is -0.150. The van der Waals surface area contributed by atoms with Gasteiger partial charge in [-0.3, -0.25) is 4.79 Å². The molecule has 0 amide bonds. The Morgan fingerprint density at radius 1 is 1.57 bits per heavy atom. The highest BCUT2D eigenvalue weighted by Gasteiger charge is 2.39. The molecule has 0 aromatic rings. The fourth-order valence-corrected chi connectivity index (χ4v) is 1.96. The van der Waals surface area contributed by atoms with Gasteiger partial charge in [0.2, 0.25) is 0 Å². The normalized spacial score (nSPS) is 31.8. The number of nitrogens with one attached hydrogen (secondary N) is 1. The van der Waals surface area contributed by atoms with Crippen molar-refractivity contribution >= 4 is 5.97 Å². The molecule has 1 saturated heterocycles. The van der Waals surface area contributed by atoms with E-state index >= 15 is 0 Å². The number of hydrogen-bond acceptors (Lipinski definition) is 4. The van der Waals surface area contributed by atoms with Gasteiger partial charge in [-0.1, -0.05) is 6.92 Å². The minimum absolute atomic E-state index is 0.0603. The maximum atomic E-state index is 11.6. The van der Waals surface area contributed by atoms with Crippen LogP contribution in [0.2, 0.25) is 0 Å². The SMILES string of the molecule is CCOC(=O)[C@@H]1[C@@H](C)CN[C@@H]1COC. The average molecular weight is 201 g/mol. The zero-order valence-electron chi connectivity index (χ0n) is 9.08. The Morgan fingerprint density at radius 3 is 2.86 bits per heavy atom. The molecular formula is C10H19NO3. The van der Waals surface area contributed by atoms with Crippen LogP contribution in [0.25, 0.3) is 0 Å². The van der Waals surface area contributed by atoms with Gasteiger partial charge in [-0.05, 0) is 19.4 Å². The summed E-state index contributed by atoms with van der Waals surface area (Å²) in [6, 6.07) is 0.106. The molecule has 1 aliphatic heterocycles. The first kappa shape index (κ1) is 11.5. The molecule has 4 heteroatoms. The van der Waals surface area contributed by atoms with Crippen molar-refractivity contribution in [3.8, 4) is 0 Å². The van der Waals surface area contributed by atoms with Crippen molar-refractivity contribution in [2.45, 2.75) is 19.9 Å². The Morgan fingerprint density at radius 2 is 2.29 bits per heavy atom. The van der Waals surface area contributed by atoms with E-state index in [0.717, 1.165) is 6.54 Å². The largest absolute Gasteiger partial charge is 0.466 e. The smallest absolute Gasteiger partial charge is 0.310 e. The second-order valence-corrected chi connectivity index (χ2v) is 3.73.